The predicted octanol–water partition coefficient (Wildman–Crippen LogP) is 3.27. The van der Waals surface area contributed by atoms with Crippen molar-refractivity contribution in [3.8, 4) is 0 Å². The van der Waals surface area contributed by atoms with Gasteiger partial charge in [-0.2, -0.15) is 0 Å². The van der Waals surface area contributed by atoms with E-state index >= 15 is 0 Å². The van der Waals surface area contributed by atoms with Crippen molar-refractivity contribution in [2.75, 3.05) is 20.1 Å². The zero-order chi connectivity index (χ0) is 14.7. The zero-order valence-electron chi connectivity index (χ0n) is 12.9. The maximum Gasteiger partial charge on any atom is 0.0621 e. The van der Waals surface area contributed by atoms with Crippen LogP contribution in [0.2, 0.25) is 5.02 Å². The standard InChI is InChI=1S/C17H26ClN3/c1-19-16(12-14-6-9-20-13-15(14)18)17(7-2-3-8-17)21-10-4-5-11-21/h6,9,13,16,19H,2-5,7-8,10-12H2,1H3. The Morgan fingerprint density at radius 2 is 2.00 bits per heavy atom. The Morgan fingerprint density at radius 1 is 1.29 bits per heavy atom. The van der Waals surface area contributed by atoms with Crippen LogP contribution in [0.3, 0.4) is 0 Å². The lowest BCUT2D eigenvalue weighted by Crippen LogP contribution is -2.59. The van der Waals surface area contributed by atoms with E-state index in [9.17, 15) is 0 Å². The lowest BCUT2D eigenvalue weighted by Gasteiger charge is -2.45. The molecule has 3 nitrogen and oxygen atoms in total. The first-order valence-corrected chi connectivity index (χ1v) is 8.65. The first-order valence-electron chi connectivity index (χ1n) is 8.27. The summed E-state index contributed by atoms with van der Waals surface area (Å²) in [7, 11) is 2.11. The molecule has 1 saturated carbocycles. The smallest absolute Gasteiger partial charge is 0.0621 e. The topological polar surface area (TPSA) is 28.2 Å². The fourth-order valence-electron chi connectivity index (χ4n) is 4.38. The summed E-state index contributed by atoms with van der Waals surface area (Å²) in [4.78, 5) is 6.87. The molecule has 1 unspecified atom stereocenters. The van der Waals surface area contributed by atoms with E-state index in [0.717, 1.165) is 11.4 Å². The maximum atomic E-state index is 6.33. The van der Waals surface area contributed by atoms with Gasteiger partial charge in [0.05, 0.1) is 5.02 Å². The van der Waals surface area contributed by atoms with Crippen molar-refractivity contribution in [2.45, 2.75) is 56.5 Å². The molecule has 2 fully saturated rings. The number of pyridine rings is 1. The molecule has 21 heavy (non-hydrogen) atoms. The number of halogens is 1. The Hall–Kier alpha value is -0.640. The summed E-state index contributed by atoms with van der Waals surface area (Å²) in [6, 6.07) is 2.54. The Morgan fingerprint density at radius 3 is 2.62 bits per heavy atom. The minimum Gasteiger partial charge on any atom is -0.315 e. The highest BCUT2D eigenvalue weighted by Gasteiger charge is 2.46. The minimum absolute atomic E-state index is 0.331. The molecular weight excluding hydrogens is 282 g/mol. The third-order valence-electron chi connectivity index (χ3n) is 5.48. The van der Waals surface area contributed by atoms with Gasteiger partial charge in [-0.25, -0.2) is 0 Å². The molecule has 0 bridgehead atoms. The summed E-state index contributed by atoms with van der Waals surface area (Å²) in [6.45, 7) is 2.53. The van der Waals surface area contributed by atoms with Gasteiger partial charge in [-0.3, -0.25) is 9.88 Å². The van der Waals surface area contributed by atoms with Crippen molar-refractivity contribution in [3.63, 3.8) is 0 Å². The van der Waals surface area contributed by atoms with Crippen LogP contribution in [0.5, 0.6) is 0 Å². The Balaban J connectivity index is 1.84. The average Bonchev–Trinajstić information content (AvgIpc) is 3.18. The van der Waals surface area contributed by atoms with Gasteiger partial charge in [0, 0.05) is 24.0 Å². The number of hydrogen-bond acceptors (Lipinski definition) is 3. The Bertz CT molecular complexity index is 465. The summed E-state index contributed by atoms with van der Waals surface area (Å²) in [5.41, 5.74) is 1.55. The van der Waals surface area contributed by atoms with Crippen molar-refractivity contribution in [1.29, 1.82) is 0 Å². The SMILES string of the molecule is CNC(Cc1ccncc1Cl)C1(N2CCCC2)CCCC1. The van der Waals surface area contributed by atoms with E-state index in [1.54, 1.807) is 6.20 Å². The minimum atomic E-state index is 0.331. The van der Waals surface area contributed by atoms with E-state index in [0.29, 0.717) is 11.6 Å². The van der Waals surface area contributed by atoms with E-state index in [4.69, 9.17) is 11.6 Å². The molecule has 1 aliphatic carbocycles. The van der Waals surface area contributed by atoms with E-state index in [1.807, 2.05) is 6.20 Å². The van der Waals surface area contributed by atoms with E-state index in [1.165, 1.54) is 57.2 Å². The number of hydrogen-bond donors (Lipinski definition) is 1. The molecule has 1 N–H and O–H groups in total. The third kappa shape index (κ3) is 2.96. The molecule has 0 spiro atoms. The van der Waals surface area contributed by atoms with Crippen LogP contribution in [-0.4, -0.2) is 41.6 Å². The van der Waals surface area contributed by atoms with Crippen LogP contribution < -0.4 is 5.32 Å². The van der Waals surface area contributed by atoms with Gasteiger partial charge < -0.3 is 5.32 Å². The molecule has 1 aliphatic heterocycles. The van der Waals surface area contributed by atoms with Crippen LogP contribution >= 0.6 is 11.6 Å². The van der Waals surface area contributed by atoms with Gasteiger partial charge in [0.15, 0.2) is 0 Å². The number of nitrogens with one attached hydrogen (secondary N) is 1. The van der Waals surface area contributed by atoms with Gasteiger partial charge in [0.1, 0.15) is 0 Å². The number of rotatable bonds is 5. The second-order valence-electron chi connectivity index (χ2n) is 6.52. The van der Waals surface area contributed by atoms with Crippen molar-refractivity contribution >= 4 is 11.6 Å². The molecule has 2 aliphatic rings. The molecule has 3 rings (SSSR count). The molecule has 116 valence electrons. The summed E-state index contributed by atoms with van der Waals surface area (Å²) in [5, 5.41) is 4.42. The third-order valence-corrected chi connectivity index (χ3v) is 5.82. The normalized spacial score (nSPS) is 23.5. The Labute approximate surface area is 133 Å². The largest absolute Gasteiger partial charge is 0.315 e. The molecule has 1 atom stereocenters. The van der Waals surface area contributed by atoms with Crippen molar-refractivity contribution in [1.82, 2.24) is 15.2 Å². The molecule has 0 radical (unpaired) electrons. The van der Waals surface area contributed by atoms with Gasteiger partial charge in [-0.05, 0) is 63.9 Å². The summed E-state index contributed by atoms with van der Waals surface area (Å²) >= 11 is 6.33. The van der Waals surface area contributed by atoms with Crippen LogP contribution in [-0.2, 0) is 6.42 Å². The molecule has 1 aromatic rings. The number of nitrogens with zero attached hydrogens (tertiary/aromatic N) is 2. The molecule has 0 aromatic carbocycles. The summed E-state index contributed by atoms with van der Waals surface area (Å²) in [5.74, 6) is 0. The molecular formula is C17H26ClN3. The number of likely N-dealkylation sites (N-methyl/N-ethyl adjacent to an activating group) is 1. The highest BCUT2D eigenvalue weighted by Crippen LogP contribution is 2.41. The van der Waals surface area contributed by atoms with Gasteiger partial charge in [-0.1, -0.05) is 24.4 Å². The van der Waals surface area contributed by atoms with Gasteiger partial charge in [0.25, 0.3) is 0 Å². The molecule has 1 aromatic heterocycles. The molecule has 1 saturated heterocycles. The number of likely N-dealkylation sites (tertiary alicyclic amines) is 1. The monoisotopic (exact) mass is 307 g/mol. The molecule has 4 heteroatoms. The first-order chi connectivity index (χ1) is 10.3. The molecule has 0 amide bonds. The van der Waals surface area contributed by atoms with Gasteiger partial charge >= 0.3 is 0 Å². The predicted molar refractivity (Wildman–Crippen MR) is 87.8 cm³/mol. The van der Waals surface area contributed by atoms with Gasteiger partial charge in [0.2, 0.25) is 0 Å². The Kier molecular flexibility index (Phi) is 4.82. The average molecular weight is 308 g/mol. The van der Waals surface area contributed by atoms with E-state index in [2.05, 4.69) is 28.3 Å². The highest BCUT2D eigenvalue weighted by atomic mass is 35.5. The van der Waals surface area contributed by atoms with Crippen LogP contribution in [0.1, 0.15) is 44.1 Å². The van der Waals surface area contributed by atoms with Crippen molar-refractivity contribution in [3.05, 3.63) is 29.0 Å². The summed E-state index contributed by atoms with van der Waals surface area (Å²) in [6.07, 6.45) is 12.7. The second kappa shape index (κ2) is 6.64. The fourth-order valence-corrected chi connectivity index (χ4v) is 4.58. The van der Waals surface area contributed by atoms with Crippen molar-refractivity contribution < 1.29 is 0 Å². The first kappa shape index (κ1) is 15.3. The fraction of sp³-hybridized carbons (Fsp3) is 0.706. The number of aromatic nitrogens is 1. The second-order valence-corrected chi connectivity index (χ2v) is 6.92. The van der Waals surface area contributed by atoms with Crippen LogP contribution in [0.4, 0.5) is 0 Å². The van der Waals surface area contributed by atoms with E-state index < -0.39 is 0 Å². The highest BCUT2D eigenvalue weighted by molar-refractivity contribution is 6.31. The van der Waals surface area contributed by atoms with Crippen LogP contribution in [0.25, 0.3) is 0 Å². The van der Waals surface area contributed by atoms with Gasteiger partial charge in [-0.15, -0.1) is 0 Å². The lowest BCUT2D eigenvalue weighted by atomic mass is 9.82. The van der Waals surface area contributed by atoms with E-state index in [-0.39, 0.29) is 0 Å². The lowest BCUT2D eigenvalue weighted by molar-refractivity contribution is 0.0798. The van der Waals surface area contributed by atoms with Crippen molar-refractivity contribution in [2.24, 2.45) is 0 Å². The zero-order valence-corrected chi connectivity index (χ0v) is 13.7. The maximum absolute atomic E-state index is 6.33. The van der Waals surface area contributed by atoms with Crippen LogP contribution in [0.15, 0.2) is 18.5 Å². The summed E-state index contributed by atoms with van der Waals surface area (Å²) < 4.78 is 0. The molecule has 2 heterocycles. The quantitative estimate of drug-likeness (QED) is 0.905. The van der Waals surface area contributed by atoms with Crippen LogP contribution in [0, 0.1) is 0 Å².